The Labute approximate surface area is 130 Å². The van der Waals surface area contributed by atoms with Crippen molar-refractivity contribution in [3.63, 3.8) is 0 Å². The average molecular weight is 314 g/mol. The van der Waals surface area contributed by atoms with Crippen LogP contribution in [0.15, 0.2) is 51.7 Å². The van der Waals surface area contributed by atoms with E-state index in [1.54, 1.807) is 24.3 Å². The number of hydrogen-bond donors (Lipinski definition) is 3. The molecule has 0 saturated heterocycles. The van der Waals surface area contributed by atoms with Crippen molar-refractivity contribution in [1.29, 1.82) is 0 Å². The van der Waals surface area contributed by atoms with Crippen LogP contribution in [-0.2, 0) is 0 Å². The fourth-order valence-corrected chi connectivity index (χ4v) is 2.26. The molecule has 6 nitrogen and oxygen atoms in total. The zero-order chi connectivity index (χ0) is 16.4. The van der Waals surface area contributed by atoms with Gasteiger partial charge in [-0.1, -0.05) is 12.1 Å². The highest BCUT2D eigenvalue weighted by atomic mass is 16.5. The third kappa shape index (κ3) is 2.72. The molecule has 3 rings (SSSR count). The maximum Gasteiger partial charge on any atom is 0.235 e. The lowest BCUT2D eigenvalue weighted by Crippen LogP contribution is -2.12. The molecule has 0 aliphatic heterocycles. The average Bonchev–Trinajstić information content (AvgIpc) is 2.56. The van der Waals surface area contributed by atoms with E-state index in [1.165, 1.54) is 18.2 Å². The Morgan fingerprint density at radius 2 is 1.83 bits per heavy atom. The second-order valence-electron chi connectivity index (χ2n) is 4.86. The Kier molecular flexibility index (Phi) is 3.91. The summed E-state index contributed by atoms with van der Waals surface area (Å²) in [4.78, 5) is 12.6. The molecular formula is C17H14O6. The lowest BCUT2D eigenvalue weighted by Gasteiger charge is -2.11. The molecule has 3 N–H and O–H groups in total. The quantitative estimate of drug-likeness (QED) is 0.639. The summed E-state index contributed by atoms with van der Waals surface area (Å²) in [7, 11) is 0. The maximum absolute atomic E-state index is 12.6. The van der Waals surface area contributed by atoms with Crippen molar-refractivity contribution in [2.45, 2.75) is 0 Å². The minimum absolute atomic E-state index is 0.0529. The van der Waals surface area contributed by atoms with Crippen molar-refractivity contribution in [1.82, 2.24) is 0 Å². The highest BCUT2D eigenvalue weighted by molar-refractivity contribution is 5.82. The van der Waals surface area contributed by atoms with Crippen molar-refractivity contribution in [2.75, 3.05) is 13.2 Å². The number of fused-ring (bicyclic) bond motifs is 1. The van der Waals surface area contributed by atoms with Crippen molar-refractivity contribution in [3.8, 4) is 28.6 Å². The van der Waals surface area contributed by atoms with Gasteiger partial charge in [-0.3, -0.25) is 4.79 Å². The van der Waals surface area contributed by atoms with E-state index >= 15 is 0 Å². The van der Waals surface area contributed by atoms with Gasteiger partial charge in [-0.25, -0.2) is 0 Å². The number of phenolic OH excluding ortho intramolecular Hbond substituents is 2. The van der Waals surface area contributed by atoms with Crippen molar-refractivity contribution in [2.24, 2.45) is 0 Å². The molecular weight excluding hydrogens is 300 g/mol. The van der Waals surface area contributed by atoms with E-state index < -0.39 is 0 Å². The lowest BCUT2D eigenvalue weighted by atomic mass is 10.1. The summed E-state index contributed by atoms with van der Waals surface area (Å²) in [5.41, 5.74) is 0.371. The van der Waals surface area contributed by atoms with Crippen molar-refractivity contribution in [3.05, 3.63) is 52.7 Å². The van der Waals surface area contributed by atoms with Crippen LogP contribution in [0.2, 0.25) is 0 Å². The monoisotopic (exact) mass is 314 g/mol. The Morgan fingerprint density at radius 3 is 2.57 bits per heavy atom. The Bertz CT molecular complexity index is 913. The number of aliphatic hydroxyl groups is 1. The third-order valence-electron chi connectivity index (χ3n) is 3.33. The summed E-state index contributed by atoms with van der Waals surface area (Å²) in [6.07, 6.45) is 0. The fourth-order valence-electron chi connectivity index (χ4n) is 2.26. The number of phenols is 2. The van der Waals surface area contributed by atoms with Gasteiger partial charge >= 0.3 is 0 Å². The van der Waals surface area contributed by atoms with Crippen LogP contribution in [-0.4, -0.2) is 28.5 Å². The van der Waals surface area contributed by atoms with Gasteiger partial charge in [-0.15, -0.1) is 0 Å². The summed E-state index contributed by atoms with van der Waals surface area (Å²) in [6.45, 7) is -0.327. The van der Waals surface area contributed by atoms with Crippen LogP contribution >= 0.6 is 0 Å². The van der Waals surface area contributed by atoms with Gasteiger partial charge < -0.3 is 24.5 Å². The first-order valence-corrected chi connectivity index (χ1v) is 6.93. The molecule has 2 aromatic carbocycles. The number of aromatic hydroxyl groups is 2. The Morgan fingerprint density at radius 1 is 1.04 bits per heavy atom. The van der Waals surface area contributed by atoms with Gasteiger partial charge in [0.25, 0.3) is 0 Å². The van der Waals surface area contributed by atoms with Gasteiger partial charge in [-0.2, -0.15) is 0 Å². The molecule has 0 fully saturated rings. The first-order valence-electron chi connectivity index (χ1n) is 6.93. The summed E-state index contributed by atoms with van der Waals surface area (Å²) < 4.78 is 11.1. The van der Waals surface area contributed by atoms with Gasteiger partial charge in [0, 0.05) is 5.56 Å². The first kappa shape index (κ1) is 14.9. The van der Waals surface area contributed by atoms with Gasteiger partial charge in [0.05, 0.1) is 12.0 Å². The molecule has 0 amide bonds. The van der Waals surface area contributed by atoms with E-state index in [0.717, 1.165) is 0 Å². The zero-order valence-corrected chi connectivity index (χ0v) is 12.0. The minimum Gasteiger partial charge on any atom is -0.504 e. The molecule has 0 spiro atoms. The molecule has 118 valence electrons. The lowest BCUT2D eigenvalue weighted by molar-refractivity contribution is 0.199. The van der Waals surface area contributed by atoms with E-state index in [1.807, 2.05) is 0 Å². The second-order valence-corrected chi connectivity index (χ2v) is 4.86. The van der Waals surface area contributed by atoms with Crippen LogP contribution in [0, 0.1) is 0 Å². The standard InChI is InChI=1S/C17H14O6/c18-7-8-22-17-15(21)11-3-1-2-4-14(11)23-16(17)10-5-6-12(19)13(20)9-10/h1-6,9,18-20H,7-8H2. The predicted octanol–water partition coefficient (Wildman–Crippen LogP) is 2.24. The van der Waals surface area contributed by atoms with Crippen LogP contribution in [0.1, 0.15) is 0 Å². The summed E-state index contributed by atoms with van der Waals surface area (Å²) in [5, 5.41) is 28.4. The molecule has 3 aromatic rings. The number of rotatable bonds is 4. The van der Waals surface area contributed by atoms with E-state index in [-0.39, 0.29) is 41.7 Å². The molecule has 6 heteroatoms. The van der Waals surface area contributed by atoms with Gasteiger partial charge in [0.15, 0.2) is 17.3 Å². The molecule has 1 heterocycles. The van der Waals surface area contributed by atoms with Gasteiger partial charge in [0.1, 0.15) is 12.2 Å². The Hall–Kier alpha value is -2.99. The second kappa shape index (κ2) is 6.02. The number of benzene rings is 2. The zero-order valence-electron chi connectivity index (χ0n) is 12.0. The molecule has 0 radical (unpaired) electrons. The molecule has 1 aromatic heterocycles. The van der Waals surface area contributed by atoms with Crippen LogP contribution in [0.4, 0.5) is 0 Å². The largest absolute Gasteiger partial charge is 0.504 e. The maximum atomic E-state index is 12.6. The van der Waals surface area contributed by atoms with Crippen LogP contribution < -0.4 is 10.2 Å². The Balaban J connectivity index is 2.28. The van der Waals surface area contributed by atoms with Gasteiger partial charge in [-0.05, 0) is 30.3 Å². The third-order valence-corrected chi connectivity index (χ3v) is 3.33. The number of hydrogen-bond acceptors (Lipinski definition) is 6. The van der Waals surface area contributed by atoms with E-state index in [0.29, 0.717) is 16.5 Å². The van der Waals surface area contributed by atoms with Crippen LogP contribution in [0.5, 0.6) is 17.2 Å². The SMILES string of the molecule is O=c1c(OCCO)c(-c2ccc(O)c(O)c2)oc2ccccc12. The van der Waals surface area contributed by atoms with E-state index in [2.05, 4.69) is 0 Å². The highest BCUT2D eigenvalue weighted by Gasteiger charge is 2.18. The molecule has 23 heavy (non-hydrogen) atoms. The fraction of sp³-hybridized carbons (Fsp3) is 0.118. The van der Waals surface area contributed by atoms with Crippen molar-refractivity contribution < 1.29 is 24.5 Å². The van der Waals surface area contributed by atoms with Crippen LogP contribution in [0.3, 0.4) is 0 Å². The normalized spacial score (nSPS) is 10.8. The number of para-hydroxylation sites is 1. The number of ether oxygens (including phenoxy) is 1. The predicted molar refractivity (Wildman–Crippen MR) is 83.8 cm³/mol. The molecule has 0 atom stereocenters. The molecule has 0 aliphatic rings. The molecule has 0 unspecified atom stereocenters. The first-order chi connectivity index (χ1) is 11.1. The summed E-state index contributed by atoms with van der Waals surface area (Å²) in [5.74, 6) is -0.554. The topological polar surface area (TPSA) is 100 Å². The van der Waals surface area contributed by atoms with E-state index in [9.17, 15) is 15.0 Å². The van der Waals surface area contributed by atoms with Gasteiger partial charge in [0.2, 0.25) is 11.2 Å². The number of aliphatic hydroxyl groups excluding tert-OH is 1. The van der Waals surface area contributed by atoms with Crippen LogP contribution in [0.25, 0.3) is 22.3 Å². The summed E-state index contributed by atoms with van der Waals surface area (Å²) >= 11 is 0. The molecule has 0 aliphatic carbocycles. The highest BCUT2D eigenvalue weighted by Crippen LogP contribution is 2.35. The molecule has 0 bridgehead atoms. The van der Waals surface area contributed by atoms with Crippen molar-refractivity contribution >= 4 is 11.0 Å². The minimum atomic E-state index is -0.372. The summed E-state index contributed by atoms with van der Waals surface area (Å²) in [6, 6.07) is 10.8. The smallest absolute Gasteiger partial charge is 0.235 e. The van der Waals surface area contributed by atoms with E-state index in [4.69, 9.17) is 14.3 Å². The molecule has 0 saturated carbocycles.